The Morgan fingerprint density at radius 3 is 2.13 bits per heavy atom. The normalized spacial score (nSPS) is 12.5. The third-order valence-corrected chi connectivity index (χ3v) is 6.01. The third kappa shape index (κ3) is 4.19. The zero-order chi connectivity index (χ0) is 22.7. The van der Waals surface area contributed by atoms with Crippen LogP contribution >= 0.6 is 11.3 Å². The molecule has 0 spiro atoms. The third-order valence-electron chi connectivity index (χ3n) is 4.82. The SMILES string of the molecule is COC(=O)c1sc(NC(=O)CCCN2C(=O)c3ccccc3C2=O)c(C(=O)OC)c1C. The van der Waals surface area contributed by atoms with E-state index in [0.29, 0.717) is 16.7 Å². The smallest absolute Gasteiger partial charge is 0.348 e. The molecule has 0 unspecified atom stereocenters. The molecule has 3 amide bonds. The largest absolute Gasteiger partial charge is 0.465 e. The van der Waals surface area contributed by atoms with Crippen molar-refractivity contribution in [2.24, 2.45) is 0 Å². The molecule has 0 fully saturated rings. The molecular formula is C21H20N2O7S. The van der Waals surface area contributed by atoms with Crippen LogP contribution in [0.4, 0.5) is 5.00 Å². The van der Waals surface area contributed by atoms with Crippen molar-refractivity contribution in [1.29, 1.82) is 0 Å². The van der Waals surface area contributed by atoms with Gasteiger partial charge in [-0.25, -0.2) is 9.59 Å². The molecule has 2 heterocycles. The molecule has 1 aliphatic heterocycles. The van der Waals surface area contributed by atoms with Crippen molar-refractivity contribution < 1.29 is 33.4 Å². The zero-order valence-electron chi connectivity index (χ0n) is 17.1. The fourth-order valence-electron chi connectivity index (χ4n) is 3.27. The van der Waals surface area contributed by atoms with E-state index in [1.54, 1.807) is 31.2 Å². The van der Waals surface area contributed by atoms with Crippen LogP contribution in [0.25, 0.3) is 0 Å². The second kappa shape index (κ2) is 9.09. The summed E-state index contributed by atoms with van der Waals surface area (Å²) in [6, 6.07) is 6.56. The number of methoxy groups -OCH3 is 2. The van der Waals surface area contributed by atoms with E-state index in [0.717, 1.165) is 16.2 Å². The molecule has 1 aliphatic rings. The van der Waals surface area contributed by atoms with Crippen LogP contribution in [0.15, 0.2) is 24.3 Å². The molecule has 0 radical (unpaired) electrons. The standard InChI is InChI=1S/C21H20N2O7S/c1-11-15(20(27)29-2)17(31-16(11)21(28)30-3)22-14(24)9-6-10-23-18(25)12-7-4-5-8-13(12)19(23)26/h4-5,7-8H,6,9-10H2,1-3H3,(H,22,24). The van der Waals surface area contributed by atoms with Crippen molar-refractivity contribution in [1.82, 2.24) is 4.90 Å². The highest BCUT2D eigenvalue weighted by Crippen LogP contribution is 2.34. The Kier molecular flexibility index (Phi) is 6.50. The number of carbonyl (C=O) groups excluding carboxylic acids is 5. The number of fused-ring (bicyclic) bond motifs is 1. The molecule has 2 aromatic rings. The van der Waals surface area contributed by atoms with Crippen LogP contribution in [-0.2, 0) is 14.3 Å². The van der Waals surface area contributed by atoms with Crippen molar-refractivity contribution in [2.45, 2.75) is 19.8 Å². The quantitative estimate of drug-likeness (QED) is 0.515. The summed E-state index contributed by atoms with van der Waals surface area (Å²) >= 11 is 0.916. The van der Waals surface area contributed by atoms with Crippen LogP contribution in [0.2, 0.25) is 0 Å². The Hall–Kier alpha value is -3.53. The van der Waals surface area contributed by atoms with Gasteiger partial charge in [-0.1, -0.05) is 12.1 Å². The first-order valence-electron chi connectivity index (χ1n) is 9.35. The maximum atomic E-state index is 12.4. The number of hydrogen-bond acceptors (Lipinski definition) is 8. The number of rotatable bonds is 7. The fraction of sp³-hybridized carbons (Fsp3) is 0.286. The van der Waals surface area contributed by atoms with E-state index in [2.05, 4.69) is 5.32 Å². The first-order chi connectivity index (χ1) is 14.8. The van der Waals surface area contributed by atoms with Crippen LogP contribution in [-0.4, -0.2) is 55.3 Å². The zero-order valence-corrected chi connectivity index (χ0v) is 18.0. The predicted molar refractivity (Wildman–Crippen MR) is 111 cm³/mol. The van der Waals surface area contributed by atoms with Gasteiger partial charge in [-0.2, -0.15) is 0 Å². The molecule has 0 atom stereocenters. The molecule has 1 N–H and O–H groups in total. The molecule has 9 nitrogen and oxygen atoms in total. The van der Waals surface area contributed by atoms with Crippen LogP contribution in [0, 0.1) is 6.92 Å². The van der Waals surface area contributed by atoms with Crippen LogP contribution in [0.5, 0.6) is 0 Å². The Labute approximate surface area is 181 Å². The van der Waals surface area contributed by atoms with Gasteiger partial charge in [0.15, 0.2) is 0 Å². The lowest BCUT2D eigenvalue weighted by Gasteiger charge is -2.13. The number of carbonyl (C=O) groups is 5. The lowest BCUT2D eigenvalue weighted by molar-refractivity contribution is -0.116. The number of nitrogens with zero attached hydrogens (tertiary/aromatic N) is 1. The molecule has 0 saturated carbocycles. The average Bonchev–Trinajstić information content (AvgIpc) is 3.21. The highest BCUT2D eigenvalue weighted by atomic mass is 32.1. The molecule has 162 valence electrons. The summed E-state index contributed by atoms with van der Waals surface area (Å²) in [7, 11) is 2.42. The number of amides is 3. The molecule has 0 saturated heterocycles. The fourth-order valence-corrected chi connectivity index (χ4v) is 4.40. The molecule has 1 aromatic heterocycles. The van der Waals surface area contributed by atoms with Crippen molar-refractivity contribution >= 4 is 46.0 Å². The van der Waals surface area contributed by atoms with E-state index in [1.807, 2.05) is 0 Å². The van der Waals surface area contributed by atoms with Crippen molar-refractivity contribution in [3.63, 3.8) is 0 Å². The van der Waals surface area contributed by atoms with Gasteiger partial charge in [0.1, 0.15) is 9.88 Å². The lowest BCUT2D eigenvalue weighted by Crippen LogP contribution is -2.31. The second-order valence-electron chi connectivity index (χ2n) is 6.70. The van der Waals surface area contributed by atoms with Crippen LogP contribution < -0.4 is 5.32 Å². The molecule has 0 aliphatic carbocycles. The minimum Gasteiger partial charge on any atom is -0.465 e. The summed E-state index contributed by atoms with van der Waals surface area (Å²) < 4.78 is 9.46. The summed E-state index contributed by atoms with van der Waals surface area (Å²) in [5.41, 5.74) is 1.14. The number of imide groups is 1. The summed E-state index contributed by atoms with van der Waals surface area (Å²) in [5.74, 6) is -2.51. The van der Waals surface area contributed by atoms with E-state index in [4.69, 9.17) is 9.47 Å². The summed E-state index contributed by atoms with van der Waals surface area (Å²) in [6.45, 7) is 1.65. The first kappa shape index (κ1) is 22.2. The van der Waals surface area contributed by atoms with Gasteiger partial charge in [0, 0.05) is 13.0 Å². The van der Waals surface area contributed by atoms with Gasteiger partial charge >= 0.3 is 11.9 Å². The van der Waals surface area contributed by atoms with E-state index >= 15 is 0 Å². The number of nitrogens with one attached hydrogen (secondary N) is 1. The number of esters is 2. The Balaban J connectivity index is 1.65. The van der Waals surface area contributed by atoms with Crippen molar-refractivity contribution in [3.05, 3.63) is 51.4 Å². The number of anilines is 1. The van der Waals surface area contributed by atoms with Crippen LogP contribution in [0.1, 0.15) is 59.2 Å². The summed E-state index contributed by atoms with van der Waals surface area (Å²) in [5, 5.41) is 2.79. The van der Waals surface area contributed by atoms with E-state index in [-0.39, 0.29) is 46.6 Å². The molecule has 31 heavy (non-hydrogen) atoms. The van der Waals surface area contributed by atoms with Crippen molar-refractivity contribution in [2.75, 3.05) is 26.1 Å². The van der Waals surface area contributed by atoms with Crippen molar-refractivity contribution in [3.8, 4) is 0 Å². The minimum atomic E-state index is -0.690. The predicted octanol–water partition coefficient (Wildman–Crippen LogP) is 2.64. The van der Waals surface area contributed by atoms with Gasteiger partial charge in [-0.05, 0) is 31.0 Å². The molecular weight excluding hydrogens is 424 g/mol. The topological polar surface area (TPSA) is 119 Å². The monoisotopic (exact) mass is 444 g/mol. The number of ether oxygens (including phenoxy) is 2. The number of benzene rings is 1. The number of thiophene rings is 1. The minimum absolute atomic E-state index is 0.00147. The van der Waals surface area contributed by atoms with Crippen LogP contribution in [0.3, 0.4) is 0 Å². The van der Waals surface area contributed by atoms with Gasteiger partial charge in [0.2, 0.25) is 5.91 Å². The summed E-state index contributed by atoms with van der Waals surface area (Å²) in [4.78, 5) is 62.5. The second-order valence-corrected chi connectivity index (χ2v) is 7.72. The maximum absolute atomic E-state index is 12.4. The highest BCUT2D eigenvalue weighted by Gasteiger charge is 2.34. The number of hydrogen-bond donors (Lipinski definition) is 1. The maximum Gasteiger partial charge on any atom is 0.348 e. The van der Waals surface area contributed by atoms with E-state index in [1.165, 1.54) is 14.2 Å². The van der Waals surface area contributed by atoms with E-state index in [9.17, 15) is 24.0 Å². The Bertz CT molecular complexity index is 1050. The average molecular weight is 444 g/mol. The van der Waals surface area contributed by atoms with Gasteiger partial charge < -0.3 is 14.8 Å². The van der Waals surface area contributed by atoms with Gasteiger partial charge in [-0.15, -0.1) is 11.3 Å². The Morgan fingerprint density at radius 2 is 1.58 bits per heavy atom. The van der Waals surface area contributed by atoms with Gasteiger partial charge in [0.25, 0.3) is 11.8 Å². The van der Waals surface area contributed by atoms with Gasteiger partial charge in [-0.3, -0.25) is 19.3 Å². The molecule has 10 heteroatoms. The molecule has 0 bridgehead atoms. The van der Waals surface area contributed by atoms with Gasteiger partial charge in [0.05, 0.1) is 30.9 Å². The molecule has 1 aromatic carbocycles. The molecule has 3 rings (SSSR count). The lowest BCUT2D eigenvalue weighted by atomic mass is 10.1. The summed E-state index contributed by atoms with van der Waals surface area (Å²) in [6.07, 6.45) is 0.234. The Morgan fingerprint density at radius 1 is 1.00 bits per heavy atom. The highest BCUT2D eigenvalue weighted by molar-refractivity contribution is 7.18. The van der Waals surface area contributed by atoms with E-state index < -0.39 is 17.8 Å². The first-order valence-corrected chi connectivity index (χ1v) is 10.2.